The molecule has 0 N–H and O–H groups in total. The predicted molar refractivity (Wildman–Crippen MR) is 75.6 cm³/mol. The SMILES string of the molecule is CCc1ccc(N2CCC(C#N)CC2(C)C)cc1. The van der Waals surface area contributed by atoms with Crippen LogP contribution in [0.15, 0.2) is 24.3 Å². The Balaban J connectivity index is 2.20. The van der Waals surface area contributed by atoms with Crippen LogP contribution >= 0.6 is 0 Å². The highest BCUT2D eigenvalue weighted by molar-refractivity contribution is 5.50. The number of rotatable bonds is 2. The monoisotopic (exact) mass is 242 g/mol. The van der Waals surface area contributed by atoms with E-state index in [9.17, 15) is 0 Å². The van der Waals surface area contributed by atoms with Crippen molar-refractivity contribution in [2.24, 2.45) is 5.92 Å². The molecule has 2 nitrogen and oxygen atoms in total. The summed E-state index contributed by atoms with van der Waals surface area (Å²) in [4.78, 5) is 2.44. The lowest BCUT2D eigenvalue weighted by atomic mass is 9.83. The molecular weight excluding hydrogens is 220 g/mol. The van der Waals surface area contributed by atoms with Crippen molar-refractivity contribution in [2.75, 3.05) is 11.4 Å². The molecule has 1 heterocycles. The molecule has 1 aromatic rings. The van der Waals surface area contributed by atoms with Crippen LogP contribution in [0.3, 0.4) is 0 Å². The second-order valence-electron chi connectivity index (χ2n) is 5.80. The molecule has 1 aromatic carbocycles. The first-order chi connectivity index (χ1) is 8.56. The van der Waals surface area contributed by atoms with E-state index in [1.165, 1.54) is 11.3 Å². The smallest absolute Gasteiger partial charge is 0.0657 e. The molecule has 0 amide bonds. The average Bonchev–Trinajstić information content (AvgIpc) is 2.38. The number of anilines is 1. The molecule has 1 aliphatic heterocycles. The van der Waals surface area contributed by atoms with Gasteiger partial charge in [-0.3, -0.25) is 0 Å². The molecule has 0 aliphatic carbocycles. The Hall–Kier alpha value is -1.49. The van der Waals surface area contributed by atoms with E-state index in [1.54, 1.807) is 0 Å². The molecule has 2 heteroatoms. The molecule has 1 aliphatic rings. The zero-order chi connectivity index (χ0) is 13.2. The fourth-order valence-electron chi connectivity index (χ4n) is 2.90. The zero-order valence-corrected chi connectivity index (χ0v) is 11.6. The maximum atomic E-state index is 9.08. The van der Waals surface area contributed by atoms with Crippen LogP contribution in [0.4, 0.5) is 5.69 Å². The van der Waals surface area contributed by atoms with Crippen molar-refractivity contribution in [2.45, 2.75) is 45.6 Å². The fraction of sp³-hybridized carbons (Fsp3) is 0.562. The Morgan fingerprint density at radius 2 is 2.00 bits per heavy atom. The summed E-state index contributed by atoms with van der Waals surface area (Å²) >= 11 is 0. The Bertz CT molecular complexity index is 439. The summed E-state index contributed by atoms with van der Waals surface area (Å²) in [6.07, 6.45) is 3.02. The molecule has 0 aromatic heterocycles. The van der Waals surface area contributed by atoms with Gasteiger partial charge in [0.05, 0.1) is 12.0 Å². The summed E-state index contributed by atoms with van der Waals surface area (Å²) in [5.74, 6) is 0.214. The quantitative estimate of drug-likeness (QED) is 0.789. The number of nitrogens with zero attached hydrogens (tertiary/aromatic N) is 2. The third-order valence-electron chi connectivity index (χ3n) is 4.02. The van der Waals surface area contributed by atoms with Gasteiger partial charge in [0.15, 0.2) is 0 Å². The second-order valence-corrected chi connectivity index (χ2v) is 5.80. The molecule has 1 atom stereocenters. The van der Waals surface area contributed by atoms with Crippen LogP contribution in [0.5, 0.6) is 0 Å². The second kappa shape index (κ2) is 5.02. The van der Waals surface area contributed by atoms with Crippen LogP contribution in [0.1, 0.15) is 39.2 Å². The normalized spacial score (nSPS) is 22.6. The number of piperidine rings is 1. The van der Waals surface area contributed by atoms with Crippen LogP contribution < -0.4 is 4.90 Å². The standard InChI is InChI=1S/C16H22N2/c1-4-13-5-7-15(8-6-13)18-10-9-14(12-17)11-16(18,2)3/h5-8,14H,4,9-11H2,1-3H3. The Kier molecular flexibility index (Phi) is 3.61. The highest BCUT2D eigenvalue weighted by Gasteiger charge is 2.34. The van der Waals surface area contributed by atoms with Gasteiger partial charge in [-0.05, 0) is 50.8 Å². The van der Waals surface area contributed by atoms with Gasteiger partial charge in [-0.25, -0.2) is 0 Å². The minimum absolute atomic E-state index is 0.0758. The van der Waals surface area contributed by atoms with Crippen molar-refractivity contribution in [3.63, 3.8) is 0 Å². The van der Waals surface area contributed by atoms with E-state index in [-0.39, 0.29) is 11.5 Å². The van der Waals surface area contributed by atoms with Crippen molar-refractivity contribution in [1.29, 1.82) is 5.26 Å². The average molecular weight is 242 g/mol. The van der Waals surface area contributed by atoms with E-state index in [0.717, 1.165) is 25.8 Å². The number of hydrogen-bond donors (Lipinski definition) is 0. The summed E-state index contributed by atoms with van der Waals surface area (Å²) in [7, 11) is 0. The van der Waals surface area contributed by atoms with Gasteiger partial charge in [-0.15, -0.1) is 0 Å². The van der Waals surface area contributed by atoms with E-state index in [2.05, 4.69) is 56.0 Å². The van der Waals surface area contributed by atoms with Crippen LogP contribution in [0, 0.1) is 17.2 Å². The van der Waals surface area contributed by atoms with Gasteiger partial charge in [0.1, 0.15) is 0 Å². The van der Waals surface area contributed by atoms with Crippen LogP contribution in [0.2, 0.25) is 0 Å². The number of nitriles is 1. The maximum absolute atomic E-state index is 9.08. The third kappa shape index (κ3) is 2.51. The lowest BCUT2D eigenvalue weighted by Crippen LogP contribution is -2.50. The number of benzene rings is 1. The van der Waals surface area contributed by atoms with Crippen LogP contribution in [-0.4, -0.2) is 12.1 Å². The lowest BCUT2D eigenvalue weighted by Gasteiger charge is -2.45. The fourth-order valence-corrected chi connectivity index (χ4v) is 2.90. The number of hydrogen-bond acceptors (Lipinski definition) is 2. The van der Waals surface area contributed by atoms with Crippen LogP contribution in [0.25, 0.3) is 0 Å². The first kappa shape index (κ1) is 13.0. The molecular formula is C16H22N2. The maximum Gasteiger partial charge on any atom is 0.0657 e. The molecule has 0 spiro atoms. The van der Waals surface area contributed by atoms with E-state index in [0.29, 0.717) is 0 Å². The minimum Gasteiger partial charge on any atom is -0.366 e. The van der Waals surface area contributed by atoms with Crippen molar-refractivity contribution < 1.29 is 0 Å². The summed E-state index contributed by atoms with van der Waals surface area (Å²) in [6, 6.07) is 11.3. The molecule has 0 saturated carbocycles. The molecule has 96 valence electrons. The Labute approximate surface area is 110 Å². The topological polar surface area (TPSA) is 27.0 Å². The van der Waals surface area contributed by atoms with Crippen molar-refractivity contribution in [3.8, 4) is 6.07 Å². The first-order valence-electron chi connectivity index (χ1n) is 6.83. The van der Waals surface area contributed by atoms with Gasteiger partial charge in [0, 0.05) is 17.8 Å². The third-order valence-corrected chi connectivity index (χ3v) is 4.02. The molecule has 0 bridgehead atoms. The molecule has 1 fully saturated rings. The molecule has 18 heavy (non-hydrogen) atoms. The van der Waals surface area contributed by atoms with E-state index >= 15 is 0 Å². The van der Waals surface area contributed by atoms with Crippen LogP contribution in [-0.2, 0) is 6.42 Å². The van der Waals surface area contributed by atoms with E-state index in [4.69, 9.17) is 5.26 Å². The summed E-state index contributed by atoms with van der Waals surface area (Å²) in [5.41, 5.74) is 2.74. The summed E-state index contributed by atoms with van der Waals surface area (Å²) < 4.78 is 0. The van der Waals surface area contributed by atoms with Gasteiger partial charge in [0.25, 0.3) is 0 Å². The highest BCUT2D eigenvalue weighted by Crippen LogP contribution is 2.35. The van der Waals surface area contributed by atoms with Crippen molar-refractivity contribution >= 4 is 5.69 Å². The van der Waals surface area contributed by atoms with Crippen molar-refractivity contribution in [3.05, 3.63) is 29.8 Å². The van der Waals surface area contributed by atoms with Gasteiger partial charge in [0.2, 0.25) is 0 Å². The van der Waals surface area contributed by atoms with Gasteiger partial charge in [-0.2, -0.15) is 5.26 Å². The highest BCUT2D eigenvalue weighted by atomic mass is 15.2. The Morgan fingerprint density at radius 3 is 2.50 bits per heavy atom. The molecule has 1 saturated heterocycles. The first-order valence-corrected chi connectivity index (χ1v) is 6.83. The van der Waals surface area contributed by atoms with E-state index < -0.39 is 0 Å². The Morgan fingerprint density at radius 1 is 1.33 bits per heavy atom. The molecule has 2 rings (SSSR count). The minimum atomic E-state index is 0.0758. The summed E-state index contributed by atoms with van der Waals surface area (Å²) in [5, 5.41) is 9.08. The predicted octanol–water partition coefficient (Wildman–Crippen LogP) is 3.77. The van der Waals surface area contributed by atoms with Crippen molar-refractivity contribution in [1.82, 2.24) is 0 Å². The number of aryl methyl sites for hydroxylation is 1. The van der Waals surface area contributed by atoms with Gasteiger partial charge >= 0.3 is 0 Å². The zero-order valence-electron chi connectivity index (χ0n) is 11.6. The van der Waals surface area contributed by atoms with Gasteiger partial charge < -0.3 is 4.90 Å². The molecule has 0 radical (unpaired) electrons. The molecule has 1 unspecified atom stereocenters. The van der Waals surface area contributed by atoms with Gasteiger partial charge in [-0.1, -0.05) is 19.1 Å². The summed E-state index contributed by atoms with van der Waals surface area (Å²) in [6.45, 7) is 7.64. The largest absolute Gasteiger partial charge is 0.366 e. The van der Waals surface area contributed by atoms with E-state index in [1.807, 2.05) is 0 Å². The lowest BCUT2D eigenvalue weighted by molar-refractivity contribution is 0.315.